The van der Waals surface area contributed by atoms with Gasteiger partial charge in [-0.2, -0.15) is 16.9 Å². The zero-order valence-electron chi connectivity index (χ0n) is 12.9. The highest BCUT2D eigenvalue weighted by atomic mass is 127. The fourth-order valence-corrected chi connectivity index (χ4v) is 1.68. The Labute approximate surface area is 143 Å². The van der Waals surface area contributed by atoms with E-state index in [1.807, 2.05) is 35.8 Å². The van der Waals surface area contributed by atoms with Crippen LogP contribution in [0.25, 0.3) is 0 Å². The van der Waals surface area contributed by atoms with Crippen molar-refractivity contribution in [3.05, 3.63) is 18.0 Å². The molecular formula is C13H26IN5S. The topological polar surface area (TPSA) is 54.2 Å². The van der Waals surface area contributed by atoms with Gasteiger partial charge in [-0.1, -0.05) is 0 Å². The SMILES string of the molecule is CN=C(NCCn1cc(C)cn1)NCC(C)(C)SC.I. The zero-order valence-corrected chi connectivity index (χ0v) is 16.1. The van der Waals surface area contributed by atoms with E-state index in [-0.39, 0.29) is 28.7 Å². The summed E-state index contributed by atoms with van der Waals surface area (Å²) in [5.74, 6) is 0.839. The number of guanidine groups is 1. The molecule has 0 spiro atoms. The Morgan fingerprint density at radius 2 is 2.15 bits per heavy atom. The van der Waals surface area contributed by atoms with Gasteiger partial charge in [-0.15, -0.1) is 24.0 Å². The first-order chi connectivity index (χ1) is 8.96. The van der Waals surface area contributed by atoms with E-state index in [1.165, 1.54) is 5.56 Å². The summed E-state index contributed by atoms with van der Waals surface area (Å²) in [5, 5.41) is 10.9. The van der Waals surface area contributed by atoms with Gasteiger partial charge in [-0.05, 0) is 32.6 Å². The van der Waals surface area contributed by atoms with Gasteiger partial charge < -0.3 is 10.6 Å². The average Bonchev–Trinajstić information content (AvgIpc) is 2.79. The maximum absolute atomic E-state index is 4.25. The summed E-state index contributed by atoms with van der Waals surface area (Å²) in [6, 6.07) is 0. The largest absolute Gasteiger partial charge is 0.355 e. The highest BCUT2D eigenvalue weighted by Gasteiger charge is 2.15. The lowest BCUT2D eigenvalue weighted by atomic mass is 10.2. The Balaban J connectivity index is 0.00000361. The van der Waals surface area contributed by atoms with Crippen LogP contribution >= 0.6 is 35.7 Å². The van der Waals surface area contributed by atoms with Gasteiger partial charge in [0.05, 0.1) is 12.7 Å². The van der Waals surface area contributed by atoms with E-state index in [4.69, 9.17) is 0 Å². The molecule has 0 bridgehead atoms. The molecule has 0 radical (unpaired) electrons. The third kappa shape index (κ3) is 7.37. The molecule has 0 atom stereocenters. The summed E-state index contributed by atoms with van der Waals surface area (Å²) >= 11 is 1.84. The van der Waals surface area contributed by atoms with Gasteiger partial charge in [0.15, 0.2) is 5.96 Å². The van der Waals surface area contributed by atoms with Crippen molar-refractivity contribution < 1.29 is 0 Å². The Hall–Kier alpha value is -0.440. The second kappa shape index (κ2) is 9.49. The summed E-state index contributed by atoms with van der Waals surface area (Å²) in [6.07, 6.45) is 6.03. The van der Waals surface area contributed by atoms with Crippen LogP contribution in [0.2, 0.25) is 0 Å². The molecule has 1 heterocycles. The van der Waals surface area contributed by atoms with E-state index in [1.54, 1.807) is 7.05 Å². The minimum Gasteiger partial charge on any atom is -0.355 e. The van der Waals surface area contributed by atoms with Crippen LogP contribution in [0.15, 0.2) is 17.4 Å². The quantitative estimate of drug-likeness (QED) is 0.428. The molecule has 1 aromatic heterocycles. The number of rotatable bonds is 6. The molecule has 1 aromatic rings. The molecule has 0 aliphatic carbocycles. The van der Waals surface area contributed by atoms with Crippen molar-refractivity contribution in [2.45, 2.75) is 32.1 Å². The molecule has 7 heteroatoms. The van der Waals surface area contributed by atoms with Crippen molar-refractivity contribution in [1.82, 2.24) is 20.4 Å². The van der Waals surface area contributed by atoms with Crippen LogP contribution < -0.4 is 10.6 Å². The summed E-state index contributed by atoms with van der Waals surface area (Å²) in [6.45, 7) is 8.99. The summed E-state index contributed by atoms with van der Waals surface area (Å²) < 4.78 is 2.14. The van der Waals surface area contributed by atoms with Crippen LogP contribution in [0.4, 0.5) is 0 Å². The predicted molar refractivity (Wildman–Crippen MR) is 99.3 cm³/mol. The summed E-state index contributed by atoms with van der Waals surface area (Å²) in [4.78, 5) is 4.22. The number of nitrogens with zero attached hydrogens (tertiary/aromatic N) is 3. The molecular weight excluding hydrogens is 385 g/mol. The average molecular weight is 411 g/mol. The number of aliphatic imine (C=N–C) groups is 1. The Morgan fingerprint density at radius 1 is 1.45 bits per heavy atom. The Bertz CT molecular complexity index is 417. The van der Waals surface area contributed by atoms with Crippen LogP contribution in [-0.2, 0) is 6.54 Å². The van der Waals surface area contributed by atoms with Crippen molar-refractivity contribution >= 4 is 41.7 Å². The smallest absolute Gasteiger partial charge is 0.191 e. The van der Waals surface area contributed by atoms with E-state index in [0.29, 0.717) is 0 Å². The van der Waals surface area contributed by atoms with Crippen LogP contribution in [0.3, 0.4) is 0 Å². The van der Waals surface area contributed by atoms with E-state index in [0.717, 1.165) is 25.6 Å². The molecule has 0 fully saturated rings. The lowest BCUT2D eigenvalue weighted by molar-refractivity contribution is 0.592. The zero-order chi connectivity index (χ0) is 14.3. The highest BCUT2D eigenvalue weighted by molar-refractivity contribution is 14.0. The third-order valence-electron chi connectivity index (χ3n) is 2.85. The summed E-state index contributed by atoms with van der Waals surface area (Å²) in [5.41, 5.74) is 1.18. The first kappa shape index (κ1) is 19.6. The van der Waals surface area contributed by atoms with Gasteiger partial charge in [0, 0.05) is 31.1 Å². The van der Waals surface area contributed by atoms with Gasteiger partial charge in [0.25, 0.3) is 0 Å². The lowest BCUT2D eigenvalue weighted by Gasteiger charge is -2.23. The molecule has 0 amide bonds. The fourth-order valence-electron chi connectivity index (χ4n) is 1.47. The summed E-state index contributed by atoms with van der Waals surface area (Å²) in [7, 11) is 1.79. The second-order valence-corrected chi connectivity index (χ2v) is 6.61. The highest BCUT2D eigenvalue weighted by Crippen LogP contribution is 2.19. The molecule has 0 unspecified atom stereocenters. The molecule has 2 N–H and O–H groups in total. The van der Waals surface area contributed by atoms with Crippen molar-refractivity contribution in [1.29, 1.82) is 0 Å². The standard InChI is InChI=1S/C13H25N5S.HI/c1-11-8-17-18(9-11)7-6-15-12(14-4)16-10-13(2,3)19-5;/h8-9H,6-7,10H2,1-5H3,(H2,14,15,16);1H. The first-order valence-corrected chi connectivity index (χ1v) is 7.68. The Morgan fingerprint density at radius 3 is 2.65 bits per heavy atom. The molecule has 20 heavy (non-hydrogen) atoms. The van der Waals surface area contributed by atoms with Gasteiger partial charge >= 0.3 is 0 Å². The van der Waals surface area contributed by atoms with Crippen LogP contribution in [-0.4, -0.2) is 46.9 Å². The maximum atomic E-state index is 4.25. The molecule has 0 aliphatic heterocycles. The van der Waals surface area contributed by atoms with Gasteiger partial charge in [0.2, 0.25) is 0 Å². The van der Waals surface area contributed by atoms with Crippen molar-refractivity contribution in [2.75, 3.05) is 26.4 Å². The van der Waals surface area contributed by atoms with Crippen LogP contribution in [0, 0.1) is 6.92 Å². The van der Waals surface area contributed by atoms with Crippen molar-refractivity contribution in [3.63, 3.8) is 0 Å². The molecule has 0 saturated carbocycles. The first-order valence-electron chi connectivity index (χ1n) is 6.45. The predicted octanol–water partition coefficient (Wildman–Crippen LogP) is 2.12. The van der Waals surface area contributed by atoms with Gasteiger partial charge in [0.1, 0.15) is 0 Å². The monoisotopic (exact) mass is 411 g/mol. The number of thioether (sulfide) groups is 1. The van der Waals surface area contributed by atoms with E-state index in [2.05, 4.69) is 40.8 Å². The number of hydrogen-bond donors (Lipinski definition) is 2. The molecule has 1 rings (SSSR count). The second-order valence-electron chi connectivity index (χ2n) is 5.10. The molecule has 5 nitrogen and oxygen atoms in total. The minimum atomic E-state index is 0. The fraction of sp³-hybridized carbons (Fsp3) is 0.692. The van der Waals surface area contributed by atoms with Crippen molar-refractivity contribution in [3.8, 4) is 0 Å². The normalized spacial score (nSPS) is 11.9. The number of aryl methyl sites for hydroxylation is 1. The van der Waals surface area contributed by atoms with Crippen LogP contribution in [0.1, 0.15) is 19.4 Å². The number of nitrogens with one attached hydrogen (secondary N) is 2. The molecule has 116 valence electrons. The third-order valence-corrected chi connectivity index (χ3v) is 4.10. The van der Waals surface area contributed by atoms with E-state index < -0.39 is 0 Å². The number of hydrogen-bond acceptors (Lipinski definition) is 3. The van der Waals surface area contributed by atoms with Gasteiger partial charge in [-0.3, -0.25) is 9.67 Å². The van der Waals surface area contributed by atoms with Gasteiger partial charge in [-0.25, -0.2) is 0 Å². The number of aromatic nitrogens is 2. The molecule has 0 aliphatic rings. The minimum absolute atomic E-state index is 0. The molecule has 0 saturated heterocycles. The lowest BCUT2D eigenvalue weighted by Crippen LogP contribution is -2.44. The number of halogens is 1. The Kier molecular flexibility index (Phi) is 9.28. The van der Waals surface area contributed by atoms with Crippen LogP contribution in [0.5, 0.6) is 0 Å². The maximum Gasteiger partial charge on any atom is 0.191 e. The van der Waals surface area contributed by atoms with Crippen molar-refractivity contribution in [2.24, 2.45) is 4.99 Å². The van der Waals surface area contributed by atoms with E-state index >= 15 is 0 Å². The molecule has 0 aromatic carbocycles. The van der Waals surface area contributed by atoms with E-state index in [9.17, 15) is 0 Å².